The van der Waals surface area contributed by atoms with E-state index in [1.807, 2.05) is 19.9 Å². The Morgan fingerprint density at radius 2 is 2.00 bits per heavy atom. The first-order chi connectivity index (χ1) is 10.4. The fraction of sp³-hybridized carbons (Fsp3) is 0.412. The first-order valence-electron chi connectivity index (χ1n) is 7.32. The fourth-order valence-electron chi connectivity index (χ4n) is 2.46. The van der Waals surface area contributed by atoms with Gasteiger partial charge in [0.2, 0.25) is 0 Å². The van der Waals surface area contributed by atoms with Gasteiger partial charge in [-0.2, -0.15) is 0 Å². The van der Waals surface area contributed by atoms with Crippen LogP contribution in [-0.2, 0) is 4.74 Å². The van der Waals surface area contributed by atoms with E-state index in [4.69, 9.17) is 4.74 Å². The maximum atomic E-state index is 12.6. The maximum Gasteiger partial charge on any atom is 0.337 e. The Hall–Kier alpha value is -1.62. The molecule has 5 heteroatoms. The minimum atomic E-state index is -0.388. The molecule has 2 aromatic rings. The molecule has 0 aliphatic heterocycles. The summed E-state index contributed by atoms with van der Waals surface area (Å²) in [5, 5.41) is 0.847. The number of ether oxygens (including phenoxy) is 1. The van der Waals surface area contributed by atoms with E-state index in [9.17, 15) is 9.59 Å². The van der Waals surface area contributed by atoms with Crippen LogP contribution in [0.5, 0.6) is 0 Å². The van der Waals surface area contributed by atoms with E-state index in [1.54, 1.807) is 12.1 Å². The van der Waals surface area contributed by atoms with Crippen molar-refractivity contribution in [2.45, 2.75) is 32.0 Å². The molecule has 1 atom stereocenters. The molecule has 1 unspecified atom stereocenters. The predicted molar refractivity (Wildman–Crippen MR) is 90.8 cm³/mol. The minimum absolute atomic E-state index is 0.0687. The number of carbonyl (C=O) groups excluding carboxylic acids is 2. The third kappa shape index (κ3) is 2.95. The summed E-state index contributed by atoms with van der Waals surface area (Å²) in [6.07, 6.45) is 0.856. The number of Topliss-reactive ketones (excluding diaryl/α,β-unsaturated/α-hetero) is 1. The molecule has 0 saturated heterocycles. The van der Waals surface area contributed by atoms with Crippen molar-refractivity contribution in [3.63, 3.8) is 0 Å². The number of fused-ring (bicyclic) bond motifs is 1. The van der Waals surface area contributed by atoms with Crippen molar-refractivity contribution in [1.82, 2.24) is 4.98 Å². The summed E-state index contributed by atoms with van der Waals surface area (Å²) in [5.74, 6) is -0.375. The summed E-state index contributed by atoms with van der Waals surface area (Å²) in [5.41, 5.74) is 2.83. The van der Waals surface area contributed by atoms with Gasteiger partial charge in [-0.05, 0) is 18.6 Å². The number of esters is 1. The molecule has 1 aromatic carbocycles. The van der Waals surface area contributed by atoms with Crippen LogP contribution < -0.4 is 0 Å². The molecule has 0 fully saturated rings. The Kier molecular flexibility index (Phi) is 5.06. The standard InChI is InChI=1S/C17H20BrNO3/c1-5-12(18)15-14(16(20)9(2)3)11-7-6-10(17(21)22-4)8-13(11)19-15/h6-9,12,19H,5H2,1-4H3. The maximum absolute atomic E-state index is 12.6. The Morgan fingerprint density at radius 3 is 2.55 bits per heavy atom. The molecule has 0 radical (unpaired) electrons. The van der Waals surface area contributed by atoms with E-state index in [2.05, 4.69) is 27.8 Å². The van der Waals surface area contributed by atoms with Crippen molar-refractivity contribution >= 4 is 38.6 Å². The number of nitrogens with one attached hydrogen (secondary N) is 1. The highest BCUT2D eigenvalue weighted by Crippen LogP contribution is 2.35. The van der Waals surface area contributed by atoms with Gasteiger partial charge in [-0.1, -0.05) is 42.8 Å². The fourth-order valence-corrected chi connectivity index (χ4v) is 2.80. The quantitative estimate of drug-likeness (QED) is 0.477. The lowest BCUT2D eigenvalue weighted by Gasteiger charge is -2.10. The monoisotopic (exact) mass is 365 g/mol. The Morgan fingerprint density at radius 1 is 1.32 bits per heavy atom. The van der Waals surface area contributed by atoms with Gasteiger partial charge in [0.25, 0.3) is 0 Å². The Bertz CT molecular complexity index is 718. The topological polar surface area (TPSA) is 59.2 Å². The van der Waals surface area contributed by atoms with E-state index >= 15 is 0 Å². The summed E-state index contributed by atoms with van der Waals surface area (Å²) in [7, 11) is 1.35. The number of hydrogen-bond donors (Lipinski definition) is 1. The number of benzene rings is 1. The highest BCUT2D eigenvalue weighted by Gasteiger charge is 2.24. The van der Waals surface area contributed by atoms with Gasteiger partial charge in [0.15, 0.2) is 5.78 Å². The number of rotatable bonds is 5. The second kappa shape index (κ2) is 6.65. The summed E-state index contributed by atoms with van der Waals surface area (Å²) in [6.45, 7) is 5.83. The molecule has 0 saturated carbocycles. The molecule has 0 bridgehead atoms. The van der Waals surface area contributed by atoms with E-state index in [-0.39, 0.29) is 22.5 Å². The number of halogens is 1. The van der Waals surface area contributed by atoms with E-state index in [0.717, 1.165) is 23.0 Å². The van der Waals surface area contributed by atoms with Gasteiger partial charge in [-0.15, -0.1) is 0 Å². The van der Waals surface area contributed by atoms with Crippen molar-refractivity contribution in [1.29, 1.82) is 0 Å². The molecular weight excluding hydrogens is 346 g/mol. The number of methoxy groups -OCH3 is 1. The Balaban J connectivity index is 2.68. The Labute approximate surface area is 138 Å². The van der Waals surface area contributed by atoms with Crippen LogP contribution in [0.25, 0.3) is 10.9 Å². The molecule has 1 aromatic heterocycles. The first kappa shape index (κ1) is 16.7. The van der Waals surface area contributed by atoms with Crippen molar-refractivity contribution in [2.75, 3.05) is 7.11 Å². The van der Waals surface area contributed by atoms with Crippen molar-refractivity contribution in [3.05, 3.63) is 35.0 Å². The summed E-state index contributed by atoms with van der Waals surface area (Å²) in [6, 6.07) is 5.24. The SMILES string of the molecule is CCC(Br)c1[nH]c2cc(C(=O)OC)ccc2c1C(=O)C(C)C. The molecule has 118 valence electrons. The van der Waals surface area contributed by atoms with Crippen LogP contribution in [0.3, 0.4) is 0 Å². The molecule has 1 heterocycles. The number of ketones is 1. The van der Waals surface area contributed by atoms with Crippen LogP contribution in [-0.4, -0.2) is 23.8 Å². The summed E-state index contributed by atoms with van der Waals surface area (Å²) in [4.78, 5) is 27.6. The van der Waals surface area contributed by atoms with Gasteiger partial charge in [0, 0.05) is 28.1 Å². The number of alkyl halides is 1. The van der Waals surface area contributed by atoms with Crippen LogP contribution in [0.2, 0.25) is 0 Å². The number of aromatic amines is 1. The lowest BCUT2D eigenvalue weighted by Crippen LogP contribution is -2.10. The van der Waals surface area contributed by atoms with Gasteiger partial charge in [0.05, 0.1) is 17.5 Å². The zero-order chi connectivity index (χ0) is 16.4. The van der Waals surface area contributed by atoms with Crippen LogP contribution in [0.1, 0.15) is 58.4 Å². The average molecular weight is 366 g/mol. The second-order valence-corrected chi connectivity index (χ2v) is 6.67. The molecule has 0 spiro atoms. The number of H-pyrrole nitrogens is 1. The number of aromatic nitrogens is 1. The van der Waals surface area contributed by atoms with Crippen molar-refractivity contribution in [2.24, 2.45) is 5.92 Å². The molecule has 2 rings (SSSR count). The van der Waals surface area contributed by atoms with Gasteiger partial charge < -0.3 is 9.72 Å². The number of carbonyl (C=O) groups is 2. The van der Waals surface area contributed by atoms with Crippen LogP contribution in [0.4, 0.5) is 0 Å². The lowest BCUT2D eigenvalue weighted by molar-refractivity contribution is 0.0600. The minimum Gasteiger partial charge on any atom is -0.465 e. The molecule has 0 aliphatic rings. The number of hydrogen-bond acceptors (Lipinski definition) is 3. The molecule has 0 amide bonds. The van der Waals surface area contributed by atoms with Gasteiger partial charge >= 0.3 is 5.97 Å². The van der Waals surface area contributed by atoms with Crippen LogP contribution in [0.15, 0.2) is 18.2 Å². The molecular formula is C17H20BrNO3. The normalized spacial score (nSPS) is 12.6. The highest BCUT2D eigenvalue weighted by atomic mass is 79.9. The summed E-state index contributed by atoms with van der Waals surface area (Å²) >= 11 is 3.62. The summed E-state index contributed by atoms with van der Waals surface area (Å²) < 4.78 is 4.75. The van der Waals surface area contributed by atoms with Gasteiger partial charge in [-0.3, -0.25) is 4.79 Å². The molecule has 1 N–H and O–H groups in total. The smallest absolute Gasteiger partial charge is 0.337 e. The lowest BCUT2D eigenvalue weighted by atomic mass is 9.96. The van der Waals surface area contributed by atoms with Crippen LogP contribution in [0, 0.1) is 5.92 Å². The van der Waals surface area contributed by atoms with Crippen molar-refractivity contribution in [3.8, 4) is 0 Å². The van der Waals surface area contributed by atoms with E-state index in [1.165, 1.54) is 7.11 Å². The van der Waals surface area contributed by atoms with Crippen molar-refractivity contribution < 1.29 is 14.3 Å². The third-order valence-corrected chi connectivity index (χ3v) is 4.80. The van der Waals surface area contributed by atoms with Gasteiger partial charge in [-0.25, -0.2) is 4.79 Å². The largest absolute Gasteiger partial charge is 0.465 e. The van der Waals surface area contributed by atoms with Crippen LogP contribution >= 0.6 is 15.9 Å². The molecule has 4 nitrogen and oxygen atoms in total. The zero-order valence-corrected chi connectivity index (χ0v) is 14.8. The average Bonchev–Trinajstić information content (AvgIpc) is 2.90. The highest BCUT2D eigenvalue weighted by molar-refractivity contribution is 9.09. The van der Waals surface area contributed by atoms with Gasteiger partial charge in [0.1, 0.15) is 0 Å². The first-order valence-corrected chi connectivity index (χ1v) is 8.24. The predicted octanol–water partition coefficient (Wildman–Crippen LogP) is 4.64. The molecule has 22 heavy (non-hydrogen) atoms. The second-order valence-electron chi connectivity index (χ2n) is 5.56. The third-order valence-electron chi connectivity index (χ3n) is 3.69. The van der Waals surface area contributed by atoms with E-state index in [0.29, 0.717) is 11.1 Å². The van der Waals surface area contributed by atoms with E-state index < -0.39 is 0 Å². The zero-order valence-electron chi connectivity index (χ0n) is 13.2. The molecule has 0 aliphatic carbocycles.